The van der Waals surface area contributed by atoms with Crippen LogP contribution in [-0.2, 0) is 0 Å². The summed E-state index contributed by atoms with van der Waals surface area (Å²) in [6, 6.07) is 10.9. The Hall–Kier alpha value is -1.35. The molecule has 0 atom stereocenters. The van der Waals surface area contributed by atoms with E-state index in [0.717, 1.165) is 15.7 Å². The van der Waals surface area contributed by atoms with Crippen molar-refractivity contribution in [3.63, 3.8) is 0 Å². The number of benzene rings is 1. The molecule has 2 rings (SSSR count). The zero-order chi connectivity index (χ0) is 9.97. The molecule has 1 aromatic carbocycles. The molecular formula is C11H8BrNO. The second-order valence-corrected chi connectivity index (χ2v) is 3.73. The van der Waals surface area contributed by atoms with Crippen molar-refractivity contribution in [1.82, 2.24) is 4.98 Å². The minimum atomic E-state index is 0.280. The first-order valence-corrected chi connectivity index (χ1v) is 4.96. The molecule has 0 saturated heterocycles. The predicted molar refractivity (Wildman–Crippen MR) is 59.0 cm³/mol. The average molecular weight is 250 g/mol. The first kappa shape index (κ1) is 9.21. The SMILES string of the molecule is Oc1ccc(-c2ccnc(Br)c2)cc1. The summed E-state index contributed by atoms with van der Waals surface area (Å²) in [4.78, 5) is 4.05. The van der Waals surface area contributed by atoms with E-state index in [1.807, 2.05) is 24.3 Å². The van der Waals surface area contributed by atoms with Gasteiger partial charge in [-0.25, -0.2) is 4.98 Å². The fraction of sp³-hybridized carbons (Fsp3) is 0. The Morgan fingerprint density at radius 3 is 2.36 bits per heavy atom. The van der Waals surface area contributed by atoms with Crippen molar-refractivity contribution in [2.75, 3.05) is 0 Å². The van der Waals surface area contributed by atoms with Crippen LogP contribution in [0.15, 0.2) is 47.2 Å². The Balaban J connectivity index is 2.44. The molecule has 70 valence electrons. The minimum absolute atomic E-state index is 0.280. The molecule has 0 spiro atoms. The van der Waals surface area contributed by atoms with E-state index >= 15 is 0 Å². The summed E-state index contributed by atoms with van der Waals surface area (Å²) in [5, 5.41) is 9.14. The maximum absolute atomic E-state index is 9.14. The number of phenolic OH excluding ortho intramolecular Hbond substituents is 1. The molecule has 0 fully saturated rings. The standard InChI is InChI=1S/C11H8BrNO/c12-11-7-9(5-6-13-11)8-1-3-10(14)4-2-8/h1-7,14H. The van der Waals surface area contributed by atoms with Crippen molar-refractivity contribution < 1.29 is 5.11 Å². The fourth-order valence-corrected chi connectivity index (χ4v) is 1.60. The van der Waals surface area contributed by atoms with Crippen LogP contribution in [0, 0.1) is 0 Å². The number of rotatable bonds is 1. The molecule has 0 aliphatic heterocycles. The number of nitrogens with zero attached hydrogens (tertiary/aromatic N) is 1. The summed E-state index contributed by atoms with van der Waals surface area (Å²) >= 11 is 3.31. The highest BCUT2D eigenvalue weighted by Crippen LogP contribution is 2.23. The van der Waals surface area contributed by atoms with Crippen LogP contribution in [0.25, 0.3) is 11.1 Å². The number of phenols is 1. The molecule has 0 aliphatic carbocycles. The molecule has 14 heavy (non-hydrogen) atoms. The Bertz CT molecular complexity index is 439. The molecular weight excluding hydrogens is 242 g/mol. The Kier molecular flexibility index (Phi) is 2.50. The van der Waals surface area contributed by atoms with Gasteiger partial charge in [0.15, 0.2) is 0 Å². The van der Waals surface area contributed by atoms with Gasteiger partial charge in [0.1, 0.15) is 10.4 Å². The van der Waals surface area contributed by atoms with Crippen molar-refractivity contribution in [2.24, 2.45) is 0 Å². The van der Waals surface area contributed by atoms with E-state index in [1.165, 1.54) is 0 Å². The van der Waals surface area contributed by atoms with Gasteiger partial charge in [0, 0.05) is 6.20 Å². The van der Waals surface area contributed by atoms with Gasteiger partial charge in [-0.2, -0.15) is 0 Å². The zero-order valence-electron chi connectivity index (χ0n) is 7.31. The lowest BCUT2D eigenvalue weighted by Gasteiger charge is -2.01. The summed E-state index contributed by atoms with van der Waals surface area (Å²) in [5.41, 5.74) is 2.14. The normalized spacial score (nSPS) is 10.1. The number of hydrogen-bond donors (Lipinski definition) is 1. The topological polar surface area (TPSA) is 33.1 Å². The second kappa shape index (κ2) is 3.80. The lowest BCUT2D eigenvalue weighted by molar-refractivity contribution is 0.475. The number of pyridine rings is 1. The molecule has 0 aliphatic rings. The Morgan fingerprint density at radius 1 is 1.00 bits per heavy atom. The Morgan fingerprint density at radius 2 is 1.71 bits per heavy atom. The second-order valence-electron chi connectivity index (χ2n) is 2.91. The van der Waals surface area contributed by atoms with Crippen LogP contribution in [0.5, 0.6) is 5.75 Å². The van der Waals surface area contributed by atoms with Crippen LogP contribution >= 0.6 is 15.9 Å². The van der Waals surface area contributed by atoms with Gasteiger partial charge >= 0.3 is 0 Å². The van der Waals surface area contributed by atoms with Crippen LogP contribution < -0.4 is 0 Å². The van der Waals surface area contributed by atoms with Gasteiger partial charge in [-0.05, 0) is 51.3 Å². The van der Waals surface area contributed by atoms with E-state index in [0.29, 0.717) is 0 Å². The molecule has 2 nitrogen and oxygen atoms in total. The highest BCUT2D eigenvalue weighted by Gasteiger charge is 1.98. The summed E-state index contributed by atoms with van der Waals surface area (Å²) < 4.78 is 0.808. The van der Waals surface area contributed by atoms with E-state index in [1.54, 1.807) is 18.3 Å². The third-order valence-corrected chi connectivity index (χ3v) is 2.36. The first-order chi connectivity index (χ1) is 6.75. The van der Waals surface area contributed by atoms with E-state index < -0.39 is 0 Å². The highest BCUT2D eigenvalue weighted by atomic mass is 79.9. The van der Waals surface area contributed by atoms with Crippen LogP contribution in [0.4, 0.5) is 0 Å². The van der Waals surface area contributed by atoms with Crippen LogP contribution in [0.2, 0.25) is 0 Å². The quantitative estimate of drug-likeness (QED) is 0.788. The van der Waals surface area contributed by atoms with Gasteiger partial charge in [-0.3, -0.25) is 0 Å². The van der Waals surface area contributed by atoms with E-state index in [9.17, 15) is 0 Å². The smallest absolute Gasteiger partial charge is 0.115 e. The lowest BCUT2D eigenvalue weighted by atomic mass is 10.1. The average Bonchev–Trinajstić information content (AvgIpc) is 2.19. The minimum Gasteiger partial charge on any atom is -0.508 e. The summed E-state index contributed by atoms with van der Waals surface area (Å²) in [5.74, 6) is 0.280. The molecule has 0 bridgehead atoms. The molecule has 0 unspecified atom stereocenters. The van der Waals surface area contributed by atoms with Crippen molar-refractivity contribution in [3.8, 4) is 16.9 Å². The maximum Gasteiger partial charge on any atom is 0.115 e. The molecule has 0 saturated carbocycles. The van der Waals surface area contributed by atoms with E-state index in [-0.39, 0.29) is 5.75 Å². The van der Waals surface area contributed by atoms with E-state index in [4.69, 9.17) is 5.11 Å². The van der Waals surface area contributed by atoms with Crippen molar-refractivity contribution in [2.45, 2.75) is 0 Å². The fourth-order valence-electron chi connectivity index (χ4n) is 1.24. The molecule has 1 N–H and O–H groups in total. The van der Waals surface area contributed by atoms with Gasteiger partial charge in [-0.15, -0.1) is 0 Å². The third-order valence-electron chi connectivity index (χ3n) is 1.93. The molecule has 0 amide bonds. The van der Waals surface area contributed by atoms with Gasteiger partial charge in [0.25, 0.3) is 0 Å². The van der Waals surface area contributed by atoms with Crippen LogP contribution in [0.3, 0.4) is 0 Å². The molecule has 2 aromatic rings. The summed E-state index contributed by atoms with van der Waals surface area (Å²) in [6.45, 7) is 0. The summed E-state index contributed by atoms with van der Waals surface area (Å²) in [7, 11) is 0. The Labute approximate surface area is 90.4 Å². The molecule has 1 aromatic heterocycles. The largest absolute Gasteiger partial charge is 0.508 e. The van der Waals surface area contributed by atoms with Gasteiger partial charge in [0.05, 0.1) is 0 Å². The van der Waals surface area contributed by atoms with Crippen molar-refractivity contribution in [3.05, 3.63) is 47.2 Å². The first-order valence-electron chi connectivity index (χ1n) is 4.17. The third kappa shape index (κ3) is 1.93. The molecule has 0 radical (unpaired) electrons. The maximum atomic E-state index is 9.14. The van der Waals surface area contributed by atoms with Crippen molar-refractivity contribution >= 4 is 15.9 Å². The number of halogens is 1. The number of hydrogen-bond acceptors (Lipinski definition) is 2. The molecule has 1 heterocycles. The number of aromatic hydroxyl groups is 1. The summed E-state index contributed by atoms with van der Waals surface area (Å²) in [6.07, 6.45) is 1.74. The van der Waals surface area contributed by atoms with Crippen LogP contribution in [-0.4, -0.2) is 10.1 Å². The van der Waals surface area contributed by atoms with Crippen LogP contribution in [0.1, 0.15) is 0 Å². The van der Waals surface area contributed by atoms with Gasteiger partial charge in [-0.1, -0.05) is 12.1 Å². The predicted octanol–water partition coefficient (Wildman–Crippen LogP) is 3.22. The van der Waals surface area contributed by atoms with Gasteiger partial charge < -0.3 is 5.11 Å². The highest BCUT2D eigenvalue weighted by molar-refractivity contribution is 9.10. The van der Waals surface area contributed by atoms with Crippen molar-refractivity contribution in [1.29, 1.82) is 0 Å². The number of aromatic nitrogens is 1. The van der Waals surface area contributed by atoms with E-state index in [2.05, 4.69) is 20.9 Å². The monoisotopic (exact) mass is 249 g/mol. The van der Waals surface area contributed by atoms with Gasteiger partial charge in [0.2, 0.25) is 0 Å². The lowest BCUT2D eigenvalue weighted by Crippen LogP contribution is -1.79. The molecule has 3 heteroatoms. The zero-order valence-corrected chi connectivity index (χ0v) is 8.90.